The molecule has 1 aromatic carbocycles. The van der Waals surface area contributed by atoms with Crippen molar-refractivity contribution in [2.24, 2.45) is 5.92 Å². The molecule has 1 atom stereocenters. The average Bonchev–Trinajstić information content (AvgIpc) is 2.80. The number of hydrogen-bond acceptors (Lipinski definition) is 3. The van der Waals surface area contributed by atoms with Gasteiger partial charge in [-0.1, -0.05) is 0 Å². The van der Waals surface area contributed by atoms with E-state index in [1.165, 1.54) is 12.1 Å². The number of ether oxygens (including phenoxy) is 1. The van der Waals surface area contributed by atoms with Gasteiger partial charge in [0.2, 0.25) is 0 Å². The van der Waals surface area contributed by atoms with Crippen LogP contribution in [-0.2, 0) is 0 Å². The highest BCUT2D eigenvalue weighted by molar-refractivity contribution is 5.21. The normalized spacial score (nSPS) is 20.7. The molecule has 4 heteroatoms. The largest absolute Gasteiger partial charge is 0.492 e. The van der Waals surface area contributed by atoms with Crippen molar-refractivity contribution in [3.8, 4) is 5.75 Å². The summed E-state index contributed by atoms with van der Waals surface area (Å²) in [6.45, 7) is 3.70. The molecular formula is C13H18FNO2. The number of halogens is 1. The van der Waals surface area contributed by atoms with Crippen molar-refractivity contribution in [1.82, 2.24) is 4.90 Å². The second kappa shape index (κ2) is 5.98. The van der Waals surface area contributed by atoms with Crippen LogP contribution in [-0.4, -0.2) is 42.9 Å². The number of aliphatic hydroxyl groups is 1. The molecule has 1 heterocycles. The molecule has 1 unspecified atom stereocenters. The highest BCUT2D eigenvalue weighted by Crippen LogP contribution is 2.15. The van der Waals surface area contributed by atoms with Crippen molar-refractivity contribution in [3.63, 3.8) is 0 Å². The molecule has 1 aliphatic rings. The molecule has 0 saturated carbocycles. The molecule has 0 amide bonds. The third-order valence-electron chi connectivity index (χ3n) is 3.12. The summed E-state index contributed by atoms with van der Waals surface area (Å²) in [5.41, 5.74) is 0. The maximum atomic E-state index is 12.6. The van der Waals surface area contributed by atoms with Crippen molar-refractivity contribution in [1.29, 1.82) is 0 Å². The van der Waals surface area contributed by atoms with Gasteiger partial charge in [0.25, 0.3) is 0 Å². The Morgan fingerprint density at radius 3 is 2.76 bits per heavy atom. The Balaban J connectivity index is 1.68. The van der Waals surface area contributed by atoms with E-state index in [9.17, 15) is 4.39 Å². The summed E-state index contributed by atoms with van der Waals surface area (Å²) < 4.78 is 18.2. The van der Waals surface area contributed by atoms with E-state index in [1.54, 1.807) is 12.1 Å². The van der Waals surface area contributed by atoms with Crippen LogP contribution in [0.5, 0.6) is 5.75 Å². The van der Waals surface area contributed by atoms with Gasteiger partial charge in [-0.05, 0) is 43.1 Å². The summed E-state index contributed by atoms with van der Waals surface area (Å²) in [6, 6.07) is 6.06. The zero-order valence-electron chi connectivity index (χ0n) is 9.81. The number of nitrogens with zero attached hydrogens (tertiary/aromatic N) is 1. The Hall–Kier alpha value is -1.13. The topological polar surface area (TPSA) is 32.7 Å². The summed E-state index contributed by atoms with van der Waals surface area (Å²) in [5, 5.41) is 9.02. The van der Waals surface area contributed by atoms with E-state index >= 15 is 0 Å². The zero-order valence-corrected chi connectivity index (χ0v) is 9.81. The number of likely N-dealkylation sites (tertiary alicyclic amines) is 1. The van der Waals surface area contributed by atoms with E-state index in [0.29, 0.717) is 18.3 Å². The third kappa shape index (κ3) is 3.68. The summed E-state index contributed by atoms with van der Waals surface area (Å²) >= 11 is 0. The molecule has 0 spiro atoms. The SMILES string of the molecule is OCC1CCN(CCOc2ccc(F)cc2)C1. The molecule has 0 aromatic heterocycles. The Bertz CT molecular complexity index is 342. The highest BCUT2D eigenvalue weighted by Gasteiger charge is 2.20. The van der Waals surface area contributed by atoms with Crippen molar-refractivity contribution in [2.75, 3.05) is 32.8 Å². The van der Waals surface area contributed by atoms with Crippen LogP contribution in [0, 0.1) is 11.7 Å². The van der Waals surface area contributed by atoms with Gasteiger partial charge in [-0.2, -0.15) is 0 Å². The number of aliphatic hydroxyl groups excluding tert-OH is 1. The van der Waals surface area contributed by atoms with E-state index in [0.717, 1.165) is 26.1 Å². The van der Waals surface area contributed by atoms with E-state index in [1.807, 2.05) is 0 Å². The molecule has 94 valence electrons. The lowest BCUT2D eigenvalue weighted by atomic mass is 10.1. The molecule has 1 saturated heterocycles. The Morgan fingerprint density at radius 1 is 1.35 bits per heavy atom. The van der Waals surface area contributed by atoms with Gasteiger partial charge in [-0.25, -0.2) is 4.39 Å². The number of rotatable bonds is 5. The highest BCUT2D eigenvalue weighted by atomic mass is 19.1. The van der Waals surface area contributed by atoms with Gasteiger partial charge < -0.3 is 9.84 Å². The van der Waals surface area contributed by atoms with E-state index in [-0.39, 0.29) is 12.4 Å². The minimum Gasteiger partial charge on any atom is -0.492 e. The summed E-state index contributed by atoms with van der Waals surface area (Å²) in [7, 11) is 0. The molecule has 1 N–H and O–H groups in total. The van der Waals surface area contributed by atoms with Crippen LogP contribution in [0.1, 0.15) is 6.42 Å². The summed E-state index contributed by atoms with van der Waals surface area (Å²) in [5.74, 6) is 0.868. The lowest BCUT2D eigenvalue weighted by molar-refractivity contribution is 0.204. The number of hydrogen-bond donors (Lipinski definition) is 1. The van der Waals surface area contributed by atoms with Gasteiger partial charge in [0.05, 0.1) is 0 Å². The van der Waals surface area contributed by atoms with Crippen LogP contribution in [0.4, 0.5) is 4.39 Å². The maximum Gasteiger partial charge on any atom is 0.123 e. The molecule has 0 aliphatic carbocycles. The molecular weight excluding hydrogens is 221 g/mol. The van der Waals surface area contributed by atoms with Crippen LogP contribution in [0.25, 0.3) is 0 Å². The van der Waals surface area contributed by atoms with Crippen molar-refractivity contribution in [3.05, 3.63) is 30.1 Å². The first-order chi connectivity index (χ1) is 8.28. The van der Waals surface area contributed by atoms with Crippen LogP contribution in [0.2, 0.25) is 0 Å². The van der Waals surface area contributed by atoms with Crippen LogP contribution in [0.3, 0.4) is 0 Å². The minimum absolute atomic E-state index is 0.248. The first-order valence-corrected chi connectivity index (χ1v) is 5.99. The zero-order chi connectivity index (χ0) is 12.1. The Labute approximate surface area is 101 Å². The van der Waals surface area contributed by atoms with Crippen LogP contribution < -0.4 is 4.74 Å². The predicted molar refractivity (Wildman–Crippen MR) is 63.5 cm³/mol. The molecule has 1 aliphatic heterocycles. The molecule has 0 bridgehead atoms. The van der Waals surface area contributed by atoms with Gasteiger partial charge in [0.1, 0.15) is 18.2 Å². The lowest BCUT2D eigenvalue weighted by Gasteiger charge is -2.15. The fourth-order valence-corrected chi connectivity index (χ4v) is 2.09. The summed E-state index contributed by atoms with van der Waals surface area (Å²) in [6.07, 6.45) is 1.06. The Morgan fingerprint density at radius 2 is 2.12 bits per heavy atom. The maximum absolute atomic E-state index is 12.6. The van der Waals surface area contributed by atoms with Gasteiger partial charge in [0.15, 0.2) is 0 Å². The van der Waals surface area contributed by atoms with Gasteiger partial charge in [0, 0.05) is 19.7 Å². The summed E-state index contributed by atoms with van der Waals surface area (Å²) in [4.78, 5) is 2.28. The first-order valence-electron chi connectivity index (χ1n) is 5.99. The molecule has 1 aromatic rings. The van der Waals surface area contributed by atoms with E-state index in [2.05, 4.69) is 4.90 Å². The lowest BCUT2D eigenvalue weighted by Crippen LogP contribution is -2.26. The fraction of sp³-hybridized carbons (Fsp3) is 0.538. The average molecular weight is 239 g/mol. The molecule has 1 fully saturated rings. The first kappa shape index (κ1) is 12.3. The minimum atomic E-state index is -0.248. The molecule has 0 radical (unpaired) electrons. The fourth-order valence-electron chi connectivity index (χ4n) is 2.09. The second-order valence-electron chi connectivity index (χ2n) is 4.44. The number of benzene rings is 1. The van der Waals surface area contributed by atoms with E-state index < -0.39 is 0 Å². The van der Waals surface area contributed by atoms with E-state index in [4.69, 9.17) is 9.84 Å². The van der Waals surface area contributed by atoms with Gasteiger partial charge in [-0.15, -0.1) is 0 Å². The quantitative estimate of drug-likeness (QED) is 0.845. The van der Waals surface area contributed by atoms with Crippen molar-refractivity contribution in [2.45, 2.75) is 6.42 Å². The van der Waals surface area contributed by atoms with Crippen molar-refractivity contribution >= 4 is 0 Å². The smallest absolute Gasteiger partial charge is 0.123 e. The monoisotopic (exact) mass is 239 g/mol. The molecule has 3 nitrogen and oxygen atoms in total. The predicted octanol–water partition coefficient (Wildman–Crippen LogP) is 1.52. The van der Waals surface area contributed by atoms with Gasteiger partial charge in [-0.3, -0.25) is 4.90 Å². The molecule has 2 rings (SSSR count). The Kier molecular flexibility index (Phi) is 4.34. The van der Waals surface area contributed by atoms with Crippen LogP contribution in [0.15, 0.2) is 24.3 Å². The standard InChI is InChI=1S/C13H18FNO2/c14-12-1-3-13(4-2-12)17-8-7-15-6-5-11(9-15)10-16/h1-4,11,16H,5-10H2. The van der Waals surface area contributed by atoms with Crippen LogP contribution >= 0.6 is 0 Å². The van der Waals surface area contributed by atoms with Gasteiger partial charge >= 0.3 is 0 Å². The van der Waals surface area contributed by atoms with Crippen molar-refractivity contribution < 1.29 is 14.2 Å². The third-order valence-corrected chi connectivity index (χ3v) is 3.12. The molecule has 17 heavy (non-hydrogen) atoms. The second-order valence-corrected chi connectivity index (χ2v) is 4.44.